The van der Waals surface area contributed by atoms with Crippen molar-refractivity contribution in [3.63, 3.8) is 0 Å². The molecule has 1 fully saturated rings. The second kappa shape index (κ2) is 4.89. The van der Waals surface area contributed by atoms with Gasteiger partial charge in [0.2, 0.25) is 0 Å². The molecule has 1 aromatic carbocycles. The van der Waals surface area contributed by atoms with E-state index < -0.39 is 11.6 Å². The Balaban J connectivity index is 2.22. The standard InChI is InChI=1S/C12H15F2NO/c13-9-1-2-10(12(14)5-9)11-7-15-6-8(11)3-4-16/h1-2,5,8,11,15-16H,3-4,6-7H2/t8-,11+/m1/s1. The number of aliphatic hydroxyl groups is 1. The monoisotopic (exact) mass is 227 g/mol. The van der Waals surface area contributed by atoms with Crippen LogP contribution in [0.25, 0.3) is 0 Å². The smallest absolute Gasteiger partial charge is 0.129 e. The lowest BCUT2D eigenvalue weighted by Crippen LogP contribution is -2.13. The van der Waals surface area contributed by atoms with Crippen molar-refractivity contribution in [1.29, 1.82) is 0 Å². The van der Waals surface area contributed by atoms with Gasteiger partial charge in [-0.25, -0.2) is 8.78 Å². The Morgan fingerprint density at radius 1 is 1.31 bits per heavy atom. The zero-order valence-corrected chi connectivity index (χ0v) is 8.92. The number of nitrogens with one attached hydrogen (secondary N) is 1. The van der Waals surface area contributed by atoms with Gasteiger partial charge < -0.3 is 10.4 Å². The van der Waals surface area contributed by atoms with Crippen molar-refractivity contribution in [3.8, 4) is 0 Å². The highest BCUT2D eigenvalue weighted by molar-refractivity contribution is 5.25. The summed E-state index contributed by atoms with van der Waals surface area (Å²) >= 11 is 0. The molecule has 16 heavy (non-hydrogen) atoms. The van der Waals surface area contributed by atoms with E-state index in [1.807, 2.05) is 0 Å². The summed E-state index contributed by atoms with van der Waals surface area (Å²) in [5, 5.41) is 12.1. The van der Waals surface area contributed by atoms with E-state index >= 15 is 0 Å². The molecule has 0 radical (unpaired) electrons. The zero-order chi connectivity index (χ0) is 11.5. The molecule has 0 unspecified atom stereocenters. The van der Waals surface area contributed by atoms with Crippen molar-refractivity contribution in [2.75, 3.05) is 19.7 Å². The Kier molecular flexibility index (Phi) is 3.51. The minimum atomic E-state index is -0.550. The maximum Gasteiger partial charge on any atom is 0.129 e. The van der Waals surface area contributed by atoms with E-state index in [0.717, 1.165) is 12.6 Å². The topological polar surface area (TPSA) is 32.3 Å². The fourth-order valence-corrected chi connectivity index (χ4v) is 2.37. The van der Waals surface area contributed by atoms with Gasteiger partial charge in [0.05, 0.1) is 0 Å². The van der Waals surface area contributed by atoms with Gasteiger partial charge in [0.15, 0.2) is 0 Å². The van der Waals surface area contributed by atoms with Gasteiger partial charge in [0.25, 0.3) is 0 Å². The van der Waals surface area contributed by atoms with Gasteiger partial charge in [-0.15, -0.1) is 0 Å². The molecule has 0 saturated carbocycles. The van der Waals surface area contributed by atoms with E-state index in [1.165, 1.54) is 12.1 Å². The molecule has 1 aliphatic heterocycles. The first-order valence-corrected chi connectivity index (χ1v) is 5.49. The highest BCUT2D eigenvalue weighted by Crippen LogP contribution is 2.31. The molecule has 0 aliphatic carbocycles. The van der Waals surface area contributed by atoms with Crippen LogP contribution in [-0.2, 0) is 0 Å². The Hall–Kier alpha value is -1.00. The average Bonchev–Trinajstić information content (AvgIpc) is 2.67. The predicted octanol–water partition coefficient (Wildman–Crippen LogP) is 1.65. The van der Waals surface area contributed by atoms with Gasteiger partial charge in [-0.05, 0) is 30.5 Å². The Morgan fingerprint density at radius 2 is 2.12 bits per heavy atom. The molecule has 2 nitrogen and oxygen atoms in total. The van der Waals surface area contributed by atoms with Crippen LogP contribution >= 0.6 is 0 Å². The van der Waals surface area contributed by atoms with Gasteiger partial charge in [0.1, 0.15) is 11.6 Å². The lowest BCUT2D eigenvalue weighted by Gasteiger charge is -2.18. The first-order chi connectivity index (χ1) is 7.72. The predicted molar refractivity (Wildman–Crippen MR) is 57.2 cm³/mol. The van der Waals surface area contributed by atoms with E-state index in [2.05, 4.69) is 5.32 Å². The lowest BCUT2D eigenvalue weighted by molar-refractivity contribution is 0.255. The number of rotatable bonds is 3. The van der Waals surface area contributed by atoms with Gasteiger partial charge >= 0.3 is 0 Å². The number of halogens is 2. The second-order valence-electron chi connectivity index (χ2n) is 4.20. The third-order valence-corrected chi connectivity index (χ3v) is 3.20. The van der Waals surface area contributed by atoms with Crippen LogP contribution in [0.1, 0.15) is 17.9 Å². The molecule has 1 aliphatic rings. The summed E-state index contributed by atoms with van der Waals surface area (Å²) in [7, 11) is 0. The van der Waals surface area contributed by atoms with Crippen molar-refractivity contribution in [2.45, 2.75) is 12.3 Å². The molecule has 0 aromatic heterocycles. The van der Waals surface area contributed by atoms with Crippen molar-refractivity contribution in [1.82, 2.24) is 5.32 Å². The summed E-state index contributed by atoms with van der Waals surface area (Å²) in [5.74, 6) is -0.778. The molecule has 2 rings (SSSR count). The third kappa shape index (κ3) is 2.23. The molecule has 1 heterocycles. The highest BCUT2D eigenvalue weighted by atomic mass is 19.1. The van der Waals surface area contributed by atoms with Gasteiger partial charge in [-0.2, -0.15) is 0 Å². The lowest BCUT2D eigenvalue weighted by atomic mass is 9.87. The zero-order valence-electron chi connectivity index (χ0n) is 8.92. The minimum Gasteiger partial charge on any atom is -0.396 e. The first-order valence-electron chi connectivity index (χ1n) is 5.49. The van der Waals surface area contributed by atoms with Crippen LogP contribution in [0.3, 0.4) is 0 Å². The van der Waals surface area contributed by atoms with Crippen LogP contribution in [0.15, 0.2) is 18.2 Å². The molecule has 1 saturated heterocycles. The minimum absolute atomic E-state index is 0.0350. The molecule has 1 aromatic rings. The third-order valence-electron chi connectivity index (χ3n) is 3.20. The number of aliphatic hydroxyl groups excluding tert-OH is 1. The van der Waals surface area contributed by atoms with Crippen LogP contribution in [0, 0.1) is 17.6 Å². The number of benzene rings is 1. The van der Waals surface area contributed by atoms with Crippen molar-refractivity contribution in [2.24, 2.45) is 5.92 Å². The van der Waals surface area contributed by atoms with Gasteiger partial charge in [-0.1, -0.05) is 6.07 Å². The molecule has 0 amide bonds. The van der Waals surface area contributed by atoms with Crippen LogP contribution in [-0.4, -0.2) is 24.8 Å². The van der Waals surface area contributed by atoms with E-state index in [1.54, 1.807) is 0 Å². The summed E-state index contributed by atoms with van der Waals surface area (Å²) in [4.78, 5) is 0. The average molecular weight is 227 g/mol. The van der Waals surface area contributed by atoms with Crippen molar-refractivity contribution < 1.29 is 13.9 Å². The highest BCUT2D eigenvalue weighted by Gasteiger charge is 2.29. The van der Waals surface area contributed by atoms with Gasteiger partial charge in [0, 0.05) is 25.1 Å². The van der Waals surface area contributed by atoms with E-state index in [-0.39, 0.29) is 18.4 Å². The number of hydrogen-bond donors (Lipinski definition) is 2. The molecule has 4 heteroatoms. The van der Waals surface area contributed by atoms with E-state index in [9.17, 15) is 8.78 Å². The van der Waals surface area contributed by atoms with Gasteiger partial charge in [-0.3, -0.25) is 0 Å². The van der Waals surface area contributed by atoms with Crippen LogP contribution in [0.2, 0.25) is 0 Å². The molecule has 2 N–H and O–H groups in total. The van der Waals surface area contributed by atoms with Crippen molar-refractivity contribution in [3.05, 3.63) is 35.4 Å². The SMILES string of the molecule is OCC[C@@H]1CNC[C@@H]1c1ccc(F)cc1F. The molecule has 0 bridgehead atoms. The van der Waals surface area contributed by atoms with Crippen LogP contribution in [0.5, 0.6) is 0 Å². The molecular weight excluding hydrogens is 212 g/mol. The maximum atomic E-state index is 13.6. The molecule has 88 valence electrons. The summed E-state index contributed by atoms with van der Waals surface area (Å²) in [5.41, 5.74) is 0.546. The molecular formula is C12H15F2NO. The Morgan fingerprint density at radius 3 is 2.81 bits per heavy atom. The summed E-state index contributed by atoms with van der Waals surface area (Å²) in [6.07, 6.45) is 0.647. The molecule has 0 spiro atoms. The quantitative estimate of drug-likeness (QED) is 0.823. The summed E-state index contributed by atoms with van der Waals surface area (Å²) < 4.78 is 26.4. The summed E-state index contributed by atoms with van der Waals surface area (Å²) in [6, 6.07) is 3.71. The van der Waals surface area contributed by atoms with E-state index in [0.29, 0.717) is 18.5 Å². The van der Waals surface area contributed by atoms with Crippen LogP contribution in [0.4, 0.5) is 8.78 Å². The normalized spacial score (nSPS) is 24.9. The Bertz CT molecular complexity index is 370. The largest absolute Gasteiger partial charge is 0.396 e. The first kappa shape index (κ1) is 11.5. The number of hydrogen-bond acceptors (Lipinski definition) is 2. The fourth-order valence-electron chi connectivity index (χ4n) is 2.37. The maximum absolute atomic E-state index is 13.6. The molecule has 2 atom stereocenters. The van der Waals surface area contributed by atoms with Crippen molar-refractivity contribution >= 4 is 0 Å². The summed E-state index contributed by atoms with van der Waals surface area (Å²) in [6.45, 7) is 1.57. The van der Waals surface area contributed by atoms with Crippen LogP contribution < -0.4 is 5.32 Å². The fraction of sp³-hybridized carbons (Fsp3) is 0.500. The Labute approximate surface area is 93.3 Å². The second-order valence-corrected chi connectivity index (χ2v) is 4.20. The van der Waals surface area contributed by atoms with E-state index in [4.69, 9.17) is 5.11 Å².